The summed E-state index contributed by atoms with van der Waals surface area (Å²) in [4.78, 5) is 11.8. The molecule has 154 valence electrons. The first-order valence-electron chi connectivity index (χ1n) is 11.5. The second kappa shape index (κ2) is 10.6. The van der Waals surface area contributed by atoms with Gasteiger partial charge in [-0.2, -0.15) is 5.26 Å². The van der Waals surface area contributed by atoms with Crippen molar-refractivity contribution in [3.05, 3.63) is 59.7 Å². The molecule has 0 spiro atoms. The Morgan fingerprint density at radius 3 is 2.24 bits per heavy atom. The number of carbonyl (C=O) groups excluding carboxylic acids is 1. The number of allylic oxidation sites excluding steroid dienone is 4. The summed E-state index contributed by atoms with van der Waals surface area (Å²) >= 11 is 0. The van der Waals surface area contributed by atoms with Crippen LogP contribution in [0.1, 0.15) is 81.8 Å². The van der Waals surface area contributed by atoms with Gasteiger partial charge >= 0.3 is 0 Å². The van der Waals surface area contributed by atoms with E-state index in [-0.39, 0.29) is 5.41 Å². The quantitative estimate of drug-likeness (QED) is 0.288. The standard InChI is InChI=1S/C27H35NO/c1-2-6-22-7-9-23(10-8-22)24-11-13-25(14-12-24)26-15-18-27(21-29,19-16-26)17-4-3-5-20-28/h3-5,7-10,17,21,24-26H,2,6,11-16,18-19H2,1H3/t24-,25-,26-,27+. The summed E-state index contributed by atoms with van der Waals surface area (Å²) in [7, 11) is 0. The van der Waals surface area contributed by atoms with Gasteiger partial charge in [0.2, 0.25) is 0 Å². The Hall–Kier alpha value is -2.14. The summed E-state index contributed by atoms with van der Waals surface area (Å²) < 4.78 is 0. The van der Waals surface area contributed by atoms with Crippen LogP contribution in [-0.4, -0.2) is 6.29 Å². The van der Waals surface area contributed by atoms with Crippen LogP contribution in [0.2, 0.25) is 0 Å². The van der Waals surface area contributed by atoms with Crippen molar-refractivity contribution in [1.29, 1.82) is 5.26 Å². The Bertz CT molecular complexity index is 736. The third-order valence-electron chi connectivity index (χ3n) is 7.33. The molecule has 2 fully saturated rings. The van der Waals surface area contributed by atoms with Gasteiger partial charge in [-0.25, -0.2) is 0 Å². The van der Waals surface area contributed by atoms with E-state index in [0.717, 1.165) is 49.7 Å². The lowest BCUT2D eigenvalue weighted by atomic mass is 9.64. The summed E-state index contributed by atoms with van der Waals surface area (Å²) in [6.45, 7) is 2.24. The fraction of sp³-hybridized carbons (Fsp3) is 0.556. The third-order valence-corrected chi connectivity index (χ3v) is 7.33. The van der Waals surface area contributed by atoms with Crippen LogP contribution < -0.4 is 0 Å². The van der Waals surface area contributed by atoms with Crippen molar-refractivity contribution in [3.8, 4) is 6.07 Å². The number of aryl methyl sites for hydroxylation is 1. The molecule has 0 radical (unpaired) electrons. The maximum atomic E-state index is 11.8. The molecule has 3 rings (SSSR count). The summed E-state index contributed by atoms with van der Waals surface area (Å²) in [5, 5.41) is 8.59. The smallest absolute Gasteiger partial charge is 0.129 e. The summed E-state index contributed by atoms with van der Waals surface area (Å²) in [5.74, 6) is 2.34. The zero-order valence-electron chi connectivity index (χ0n) is 17.9. The lowest BCUT2D eigenvalue weighted by molar-refractivity contribution is -0.116. The van der Waals surface area contributed by atoms with E-state index in [0.29, 0.717) is 0 Å². The van der Waals surface area contributed by atoms with E-state index in [9.17, 15) is 4.79 Å². The third kappa shape index (κ3) is 5.69. The molecule has 1 aromatic rings. The average molecular weight is 390 g/mol. The van der Waals surface area contributed by atoms with Crippen molar-refractivity contribution in [2.75, 3.05) is 0 Å². The van der Waals surface area contributed by atoms with Gasteiger partial charge in [0.15, 0.2) is 0 Å². The van der Waals surface area contributed by atoms with Crippen LogP contribution in [0, 0.1) is 28.6 Å². The van der Waals surface area contributed by atoms with Crippen molar-refractivity contribution < 1.29 is 4.79 Å². The maximum absolute atomic E-state index is 11.8. The maximum Gasteiger partial charge on any atom is 0.129 e. The van der Waals surface area contributed by atoms with E-state index in [1.807, 2.05) is 18.2 Å². The fourth-order valence-electron chi connectivity index (χ4n) is 5.49. The SMILES string of the molecule is CCCc1ccc([C@H]2CC[C@H]([C@H]3CC[C@](C=O)(C=CC=CC#N)CC3)CC2)cc1. The Morgan fingerprint density at radius 1 is 1.00 bits per heavy atom. The van der Waals surface area contributed by atoms with Gasteiger partial charge in [-0.1, -0.05) is 55.8 Å². The van der Waals surface area contributed by atoms with E-state index in [2.05, 4.69) is 31.2 Å². The predicted molar refractivity (Wildman–Crippen MR) is 119 cm³/mol. The minimum atomic E-state index is -0.312. The Morgan fingerprint density at radius 2 is 1.66 bits per heavy atom. The Balaban J connectivity index is 1.49. The number of nitriles is 1. The molecule has 29 heavy (non-hydrogen) atoms. The van der Waals surface area contributed by atoms with Crippen molar-refractivity contribution in [3.63, 3.8) is 0 Å². The van der Waals surface area contributed by atoms with Crippen LogP contribution >= 0.6 is 0 Å². The van der Waals surface area contributed by atoms with Crippen LogP contribution in [0.15, 0.2) is 48.6 Å². The molecule has 0 aliphatic heterocycles. The highest BCUT2D eigenvalue weighted by atomic mass is 16.1. The Labute approximate surface area is 176 Å². The second-order valence-electron chi connectivity index (χ2n) is 9.14. The number of nitrogens with zero attached hydrogens (tertiary/aromatic N) is 1. The molecule has 0 atom stereocenters. The van der Waals surface area contributed by atoms with Gasteiger partial charge in [0.25, 0.3) is 0 Å². The van der Waals surface area contributed by atoms with Crippen molar-refractivity contribution in [2.24, 2.45) is 17.3 Å². The summed E-state index contributed by atoms with van der Waals surface area (Å²) in [6, 6.07) is 11.4. The molecule has 0 aromatic heterocycles. The first-order valence-corrected chi connectivity index (χ1v) is 11.5. The van der Waals surface area contributed by atoms with E-state index in [1.165, 1.54) is 55.7 Å². The minimum absolute atomic E-state index is 0.312. The highest BCUT2D eigenvalue weighted by Crippen LogP contribution is 2.47. The first kappa shape index (κ1) is 21.6. The number of hydrogen-bond donors (Lipinski definition) is 0. The molecule has 0 bridgehead atoms. The molecule has 2 saturated carbocycles. The largest absolute Gasteiger partial charge is 0.302 e. The molecular weight excluding hydrogens is 354 g/mol. The van der Waals surface area contributed by atoms with Gasteiger partial charge in [-0.05, 0) is 86.7 Å². The number of aldehydes is 1. The van der Waals surface area contributed by atoms with Gasteiger partial charge in [0.05, 0.1) is 6.07 Å². The molecule has 2 aliphatic rings. The zero-order chi connectivity index (χ0) is 20.5. The molecule has 0 amide bonds. The zero-order valence-corrected chi connectivity index (χ0v) is 17.9. The second-order valence-corrected chi connectivity index (χ2v) is 9.14. The molecule has 0 saturated heterocycles. The molecule has 2 aliphatic carbocycles. The van der Waals surface area contributed by atoms with E-state index in [4.69, 9.17) is 5.26 Å². The van der Waals surface area contributed by atoms with Crippen LogP contribution in [0.4, 0.5) is 0 Å². The van der Waals surface area contributed by atoms with E-state index < -0.39 is 0 Å². The van der Waals surface area contributed by atoms with Gasteiger partial charge in [0.1, 0.15) is 6.29 Å². The highest BCUT2D eigenvalue weighted by Gasteiger charge is 2.37. The fourth-order valence-corrected chi connectivity index (χ4v) is 5.49. The Kier molecular flexibility index (Phi) is 7.87. The molecule has 2 heteroatoms. The average Bonchev–Trinajstić information content (AvgIpc) is 2.78. The van der Waals surface area contributed by atoms with Crippen LogP contribution in [0.5, 0.6) is 0 Å². The number of carbonyl (C=O) groups is 1. The van der Waals surface area contributed by atoms with Gasteiger partial charge < -0.3 is 4.79 Å². The molecule has 0 heterocycles. The van der Waals surface area contributed by atoms with Crippen molar-refractivity contribution >= 4 is 6.29 Å². The van der Waals surface area contributed by atoms with Gasteiger partial charge in [-0.3, -0.25) is 0 Å². The monoisotopic (exact) mass is 389 g/mol. The van der Waals surface area contributed by atoms with Crippen LogP contribution in [0.25, 0.3) is 0 Å². The van der Waals surface area contributed by atoms with Crippen LogP contribution in [-0.2, 0) is 11.2 Å². The molecule has 2 nitrogen and oxygen atoms in total. The van der Waals surface area contributed by atoms with E-state index >= 15 is 0 Å². The number of rotatable bonds is 7. The molecule has 0 unspecified atom stereocenters. The molecular formula is C27H35NO. The first-order chi connectivity index (χ1) is 14.2. The lowest BCUT2D eigenvalue weighted by Crippen LogP contribution is -2.31. The molecule has 0 N–H and O–H groups in total. The highest BCUT2D eigenvalue weighted by molar-refractivity contribution is 5.63. The predicted octanol–water partition coefficient (Wildman–Crippen LogP) is 6.92. The van der Waals surface area contributed by atoms with Crippen LogP contribution in [0.3, 0.4) is 0 Å². The van der Waals surface area contributed by atoms with Crippen molar-refractivity contribution in [1.82, 2.24) is 0 Å². The summed E-state index contributed by atoms with van der Waals surface area (Å²) in [5.41, 5.74) is 2.68. The number of benzene rings is 1. The lowest BCUT2D eigenvalue weighted by Gasteiger charge is -2.40. The van der Waals surface area contributed by atoms with Gasteiger partial charge in [0, 0.05) is 11.5 Å². The summed E-state index contributed by atoms with van der Waals surface area (Å²) in [6.07, 6.45) is 20.1. The van der Waals surface area contributed by atoms with Crippen molar-refractivity contribution in [2.45, 2.75) is 77.0 Å². The topological polar surface area (TPSA) is 40.9 Å². The number of hydrogen-bond acceptors (Lipinski definition) is 2. The molecule has 1 aromatic carbocycles. The minimum Gasteiger partial charge on any atom is -0.302 e. The van der Waals surface area contributed by atoms with E-state index in [1.54, 1.807) is 6.08 Å². The van der Waals surface area contributed by atoms with Gasteiger partial charge in [-0.15, -0.1) is 0 Å². The normalized spacial score (nSPS) is 30.4.